The van der Waals surface area contributed by atoms with Crippen molar-refractivity contribution in [3.63, 3.8) is 0 Å². The van der Waals surface area contributed by atoms with Crippen molar-refractivity contribution in [3.05, 3.63) is 58.6 Å². The van der Waals surface area contributed by atoms with Crippen molar-refractivity contribution in [3.8, 4) is 0 Å². The fraction of sp³-hybridized carbons (Fsp3) is 0.263. The molecule has 0 bridgehead atoms. The van der Waals surface area contributed by atoms with Gasteiger partial charge in [-0.05, 0) is 49.7 Å². The molecule has 0 aliphatic heterocycles. The van der Waals surface area contributed by atoms with Gasteiger partial charge < -0.3 is 10.1 Å². The molecule has 140 valence electrons. The molecule has 7 nitrogen and oxygen atoms in total. The van der Waals surface area contributed by atoms with Crippen molar-refractivity contribution >= 4 is 34.5 Å². The summed E-state index contributed by atoms with van der Waals surface area (Å²) in [5.74, 6) is -0.984. The smallest absolute Gasteiger partial charge is 0.338 e. The molecular formula is C19H19ClN4O3. The van der Waals surface area contributed by atoms with E-state index >= 15 is 0 Å². The van der Waals surface area contributed by atoms with Gasteiger partial charge in [-0.3, -0.25) is 4.79 Å². The van der Waals surface area contributed by atoms with E-state index in [1.165, 1.54) is 0 Å². The number of hydrogen-bond acceptors (Lipinski definition) is 5. The Kier molecular flexibility index (Phi) is 5.71. The summed E-state index contributed by atoms with van der Waals surface area (Å²) >= 11 is 5.96. The van der Waals surface area contributed by atoms with Gasteiger partial charge in [-0.15, -0.1) is 5.10 Å². The Labute approximate surface area is 161 Å². The molecule has 3 rings (SSSR count). The maximum atomic E-state index is 12.2. The molecule has 0 radical (unpaired) electrons. The van der Waals surface area contributed by atoms with Crippen molar-refractivity contribution in [2.45, 2.75) is 26.4 Å². The molecule has 1 amide bonds. The van der Waals surface area contributed by atoms with Gasteiger partial charge in [-0.25, -0.2) is 9.48 Å². The maximum Gasteiger partial charge on any atom is 0.338 e. The molecule has 1 heterocycles. The van der Waals surface area contributed by atoms with Gasteiger partial charge in [0, 0.05) is 11.6 Å². The number of benzene rings is 2. The summed E-state index contributed by atoms with van der Waals surface area (Å²) in [7, 11) is 0. The van der Waals surface area contributed by atoms with Gasteiger partial charge in [-0.2, -0.15) is 0 Å². The lowest BCUT2D eigenvalue weighted by molar-refractivity contribution is -0.124. The summed E-state index contributed by atoms with van der Waals surface area (Å²) in [6.07, 6.45) is 0. The molecule has 0 aliphatic rings. The molecule has 1 N–H and O–H groups in total. The highest BCUT2D eigenvalue weighted by Crippen LogP contribution is 2.17. The van der Waals surface area contributed by atoms with Crippen LogP contribution in [-0.4, -0.2) is 33.5 Å². The third-order valence-electron chi connectivity index (χ3n) is 4.11. The average molecular weight is 387 g/mol. The first kappa shape index (κ1) is 18.8. The van der Waals surface area contributed by atoms with Crippen LogP contribution in [0.2, 0.25) is 5.02 Å². The number of hydrogen-bond donors (Lipinski definition) is 1. The van der Waals surface area contributed by atoms with E-state index in [0.717, 1.165) is 11.1 Å². The van der Waals surface area contributed by atoms with Crippen LogP contribution >= 0.6 is 11.6 Å². The zero-order valence-electron chi connectivity index (χ0n) is 15.0. The minimum atomic E-state index is -0.589. The maximum absolute atomic E-state index is 12.2. The second kappa shape index (κ2) is 8.18. The minimum Gasteiger partial charge on any atom is -0.452 e. The van der Waals surface area contributed by atoms with Crippen molar-refractivity contribution < 1.29 is 14.3 Å². The van der Waals surface area contributed by atoms with Crippen LogP contribution in [0.15, 0.2) is 42.5 Å². The molecular weight excluding hydrogens is 368 g/mol. The standard InChI is InChI=1S/C19H19ClN4O3/c1-3-24-17-8-7-14(10-16(17)22-23-24)19(26)27-11-18(25)21-12(2)13-5-4-6-15(20)9-13/h4-10,12H,3,11H2,1-2H3,(H,21,25)/t12-/m1/s1. The Morgan fingerprint density at radius 2 is 2.07 bits per heavy atom. The summed E-state index contributed by atoms with van der Waals surface area (Å²) < 4.78 is 6.83. The zero-order chi connectivity index (χ0) is 19.4. The van der Waals surface area contributed by atoms with Gasteiger partial charge >= 0.3 is 5.97 Å². The van der Waals surface area contributed by atoms with Crippen molar-refractivity contribution in [1.29, 1.82) is 0 Å². The van der Waals surface area contributed by atoms with E-state index in [0.29, 0.717) is 22.6 Å². The number of carbonyl (C=O) groups is 2. The number of nitrogens with zero attached hydrogens (tertiary/aromatic N) is 3. The second-order valence-corrected chi connectivity index (χ2v) is 6.47. The van der Waals surface area contributed by atoms with Crippen molar-refractivity contribution in [2.24, 2.45) is 0 Å². The van der Waals surface area contributed by atoms with Gasteiger partial charge in [0.1, 0.15) is 5.52 Å². The molecule has 8 heteroatoms. The normalized spacial score (nSPS) is 12.0. The lowest BCUT2D eigenvalue weighted by atomic mass is 10.1. The molecule has 1 aromatic heterocycles. The van der Waals surface area contributed by atoms with E-state index in [9.17, 15) is 9.59 Å². The molecule has 0 aliphatic carbocycles. The first-order valence-corrected chi connectivity index (χ1v) is 8.91. The number of amides is 1. The van der Waals surface area contributed by atoms with Crippen molar-refractivity contribution in [1.82, 2.24) is 20.3 Å². The Morgan fingerprint density at radius 3 is 2.81 bits per heavy atom. The summed E-state index contributed by atoms with van der Waals surface area (Å²) in [4.78, 5) is 24.2. The number of rotatable bonds is 6. The van der Waals surface area contributed by atoms with Crippen LogP contribution in [0.3, 0.4) is 0 Å². The molecule has 0 saturated carbocycles. The lowest BCUT2D eigenvalue weighted by Crippen LogP contribution is -2.31. The van der Waals surface area contributed by atoms with Gasteiger partial charge in [0.25, 0.3) is 5.91 Å². The summed E-state index contributed by atoms with van der Waals surface area (Å²) in [5, 5.41) is 11.4. The van der Waals surface area contributed by atoms with Crippen molar-refractivity contribution in [2.75, 3.05) is 6.61 Å². The number of nitrogens with one attached hydrogen (secondary N) is 1. The highest BCUT2D eigenvalue weighted by atomic mass is 35.5. The third kappa shape index (κ3) is 4.43. The van der Waals surface area contributed by atoms with Gasteiger partial charge in [0.15, 0.2) is 6.61 Å². The fourth-order valence-electron chi connectivity index (χ4n) is 2.69. The van der Waals surface area contributed by atoms with E-state index in [-0.39, 0.29) is 12.6 Å². The van der Waals surface area contributed by atoms with Crippen LogP contribution in [0.5, 0.6) is 0 Å². The summed E-state index contributed by atoms with van der Waals surface area (Å²) in [6.45, 7) is 4.10. The first-order chi connectivity index (χ1) is 13.0. The molecule has 0 unspecified atom stereocenters. The van der Waals surface area contributed by atoms with Crippen LogP contribution in [0.25, 0.3) is 11.0 Å². The monoisotopic (exact) mass is 386 g/mol. The molecule has 0 saturated heterocycles. The van der Waals surface area contributed by atoms with Crippen LogP contribution in [0, 0.1) is 0 Å². The lowest BCUT2D eigenvalue weighted by Gasteiger charge is -2.14. The average Bonchev–Trinajstić information content (AvgIpc) is 3.08. The number of esters is 1. The molecule has 27 heavy (non-hydrogen) atoms. The zero-order valence-corrected chi connectivity index (χ0v) is 15.7. The SMILES string of the molecule is CCn1nnc2cc(C(=O)OCC(=O)N[C@H](C)c3cccc(Cl)c3)ccc21. The number of carbonyl (C=O) groups excluding carboxylic acids is 2. The number of aryl methyl sites for hydroxylation is 1. The van der Waals surface area contributed by atoms with Crippen LogP contribution in [0.1, 0.15) is 35.8 Å². The molecule has 2 aromatic carbocycles. The molecule has 0 spiro atoms. The number of aromatic nitrogens is 3. The van der Waals surface area contributed by atoms with E-state index in [1.807, 2.05) is 26.0 Å². The second-order valence-electron chi connectivity index (χ2n) is 6.03. The van der Waals surface area contributed by atoms with Gasteiger partial charge in [0.05, 0.1) is 17.1 Å². The van der Waals surface area contributed by atoms with E-state index < -0.39 is 11.9 Å². The van der Waals surface area contributed by atoms with Crippen LogP contribution in [0.4, 0.5) is 0 Å². The molecule has 3 aromatic rings. The number of fused-ring (bicyclic) bond motifs is 1. The highest BCUT2D eigenvalue weighted by Gasteiger charge is 2.15. The van der Waals surface area contributed by atoms with Crippen LogP contribution in [-0.2, 0) is 16.1 Å². The van der Waals surface area contributed by atoms with E-state index in [4.69, 9.17) is 16.3 Å². The Morgan fingerprint density at radius 1 is 1.26 bits per heavy atom. The number of halogens is 1. The molecule has 0 fully saturated rings. The largest absolute Gasteiger partial charge is 0.452 e. The van der Waals surface area contributed by atoms with E-state index in [1.54, 1.807) is 35.0 Å². The summed E-state index contributed by atoms with van der Waals surface area (Å²) in [6, 6.07) is 11.9. The summed E-state index contributed by atoms with van der Waals surface area (Å²) in [5.41, 5.74) is 2.63. The van der Waals surface area contributed by atoms with Gasteiger partial charge in [-0.1, -0.05) is 28.9 Å². The van der Waals surface area contributed by atoms with Crippen LogP contribution < -0.4 is 5.32 Å². The Bertz CT molecular complexity index is 986. The fourth-order valence-corrected chi connectivity index (χ4v) is 2.89. The highest BCUT2D eigenvalue weighted by molar-refractivity contribution is 6.30. The Hall–Kier alpha value is -2.93. The molecule has 1 atom stereocenters. The third-order valence-corrected chi connectivity index (χ3v) is 4.34. The van der Waals surface area contributed by atoms with E-state index in [2.05, 4.69) is 15.6 Å². The quantitative estimate of drug-likeness (QED) is 0.658. The van der Waals surface area contributed by atoms with Gasteiger partial charge in [0.2, 0.25) is 0 Å². The first-order valence-electron chi connectivity index (χ1n) is 8.53. The number of ether oxygens (including phenoxy) is 1. The Balaban J connectivity index is 1.57. The predicted molar refractivity (Wildman–Crippen MR) is 101 cm³/mol. The minimum absolute atomic E-state index is 0.254. The topological polar surface area (TPSA) is 86.1 Å². The predicted octanol–water partition coefficient (Wildman–Crippen LogP) is 3.14.